The van der Waals surface area contributed by atoms with Gasteiger partial charge in [-0.25, -0.2) is 21.1 Å². The number of amides is 1. The lowest BCUT2D eigenvalue weighted by atomic mass is 10.2. The van der Waals surface area contributed by atoms with Crippen LogP contribution in [0.1, 0.15) is 20.3 Å². The summed E-state index contributed by atoms with van der Waals surface area (Å²) in [6, 6.07) is 12.3. The number of nitrogens with one attached hydrogen (secondary N) is 1. The van der Waals surface area contributed by atoms with E-state index >= 15 is 0 Å². The Hall–Kier alpha value is -2.59. The molecule has 10 heteroatoms. The Labute approximate surface area is 171 Å². The molecule has 0 aliphatic carbocycles. The summed E-state index contributed by atoms with van der Waals surface area (Å²) in [5.74, 6) is -0.760. The van der Waals surface area contributed by atoms with Gasteiger partial charge in [-0.15, -0.1) is 0 Å². The summed E-state index contributed by atoms with van der Waals surface area (Å²) in [5.41, 5.74) is 1.55. The third-order valence-corrected chi connectivity index (χ3v) is 7.80. The number of carbonyl (C=O) groups is 1. The first-order valence-corrected chi connectivity index (χ1v) is 12.3. The Kier molecular flexibility index (Phi) is 5.85. The van der Waals surface area contributed by atoms with Gasteiger partial charge in [0.05, 0.1) is 16.3 Å². The molecule has 0 bridgehead atoms. The van der Waals surface area contributed by atoms with Gasteiger partial charge in [-0.05, 0) is 62.4 Å². The monoisotopic (exact) mass is 437 g/mol. The highest BCUT2D eigenvalue weighted by atomic mass is 32.2. The Balaban J connectivity index is 1.79. The minimum atomic E-state index is -3.86. The van der Waals surface area contributed by atoms with Gasteiger partial charge in [0.2, 0.25) is 15.9 Å². The molecule has 3 rings (SSSR count). The smallest absolute Gasteiger partial charge is 0.261 e. The van der Waals surface area contributed by atoms with E-state index in [1.54, 1.807) is 12.1 Å². The van der Waals surface area contributed by atoms with Crippen LogP contribution in [0.15, 0.2) is 53.4 Å². The molecule has 0 unspecified atom stereocenters. The zero-order valence-corrected chi connectivity index (χ0v) is 17.8. The van der Waals surface area contributed by atoms with Crippen LogP contribution in [0.4, 0.5) is 17.1 Å². The van der Waals surface area contributed by atoms with E-state index in [0.717, 1.165) is 23.1 Å². The zero-order chi connectivity index (χ0) is 21.2. The van der Waals surface area contributed by atoms with Gasteiger partial charge in [0.25, 0.3) is 10.0 Å². The summed E-state index contributed by atoms with van der Waals surface area (Å²) < 4.78 is 52.5. The number of hydrogen-bond donors (Lipinski definition) is 1. The normalized spacial score (nSPS) is 16.1. The van der Waals surface area contributed by atoms with E-state index in [1.807, 2.05) is 26.0 Å². The van der Waals surface area contributed by atoms with Gasteiger partial charge in [-0.1, -0.05) is 0 Å². The van der Waals surface area contributed by atoms with Crippen LogP contribution in [0.2, 0.25) is 0 Å². The molecule has 1 saturated heterocycles. The third kappa shape index (κ3) is 4.38. The Morgan fingerprint density at radius 2 is 1.59 bits per heavy atom. The minimum absolute atomic E-state index is 0.0295. The van der Waals surface area contributed by atoms with Gasteiger partial charge in [0, 0.05) is 30.9 Å². The van der Waals surface area contributed by atoms with Gasteiger partial charge in [0.1, 0.15) is 0 Å². The third-order valence-electron chi connectivity index (χ3n) is 4.71. The summed E-state index contributed by atoms with van der Waals surface area (Å²) >= 11 is 0. The lowest BCUT2D eigenvalue weighted by molar-refractivity contribution is -0.116. The second-order valence-electron chi connectivity index (χ2n) is 6.54. The van der Waals surface area contributed by atoms with Crippen LogP contribution in [0.3, 0.4) is 0 Å². The molecule has 2 aromatic rings. The summed E-state index contributed by atoms with van der Waals surface area (Å²) in [4.78, 5) is 14.0. The van der Waals surface area contributed by atoms with Crippen molar-refractivity contribution >= 4 is 43.0 Å². The Morgan fingerprint density at radius 1 is 1.00 bits per heavy atom. The number of rotatable bonds is 7. The summed E-state index contributed by atoms with van der Waals surface area (Å²) in [5, 5.41) is 0. The minimum Gasteiger partial charge on any atom is -0.372 e. The first-order chi connectivity index (χ1) is 13.7. The Bertz CT molecular complexity index is 1090. The van der Waals surface area contributed by atoms with Crippen LogP contribution in [-0.4, -0.2) is 41.6 Å². The number of anilines is 3. The number of carbonyl (C=O) groups excluding carboxylic acids is 1. The second-order valence-corrected chi connectivity index (χ2v) is 10.2. The van der Waals surface area contributed by atoms with Crippen molar-refractivity contribution in [2.75, 3.05) is 32.8 Å². The highest BCUT2D eigenvalue weighted by molar-refractivity contribution is 7.94. The maximum atomic E-state index is 12.6. The molecular formula is C19H23N3O5S2. The van der Waals surface area contributed by atoms with E-state index in [0.29, 0.717) is 5.69 Å². The molecule has 156 valence electrons. The molecule has 1 amide bonds. The number of sulfonamides is 2. The van der Waals surface area contributed by atoms with Crippen LogP contribution in [0.25, 0.3) is 0 Å². The molecule has 29 heavy (non-hydrogen) atoms. The summed E-state index contributed by atoms with van der Waals surface area (Å²) in [7, 11) is -7.54. The van der Waals surface area contributed by atoms with Crippen LogP contribution in [0.5, 0.6) is 0 Å². The average molecular weight is 438 g/mol. The molecule has 0 spiro atoms. The molecule has 0 saturated carbocycles. The average Bonchev–Trinajstić information content (AvgIpc) is 2.96. The quantitative estimate of drug-likeness (QED) is 0.713. The maximum Gasteiger partial charge on any atom is 0.261 e. The van der Waals surface area contributed by atoms with E-state index < -0.39 is 26.0 Å². The fraction of sp³-hybridized carbons (Fsp3) is 0.316. The lowest BCUT2D eigenvalue weighted by Crippen LogP contribution is -2.29. The molecule has 1 fully saturated rings. The molecular weight excluding hydrogens is 414 g/mol. The first kappa shape index (κ1) is 21.1. The highest BCUT2D eigenvalue weighted by Gasteiger charge is 2.36. The van der Waals surface area contributed by atoms with Crippen LogP contribution >= 0.6 is 0 Å². The number of nitrogens with zero attached hydrogens (tertiary/aromatic N) is 2. The van der Waals surface area contributed by atoms with E-state index in [-0.39, 0.29) is 22.8 Å². The van der Waals surface area contributed by atoms with E-state index in [2.05, 4.69) is 9.62 Å². The molecule has 0 radical (unpaired) electrons. The van der Waals surface area contributed by atoms with Crippen molar-refractivity contribution in [2.45, 2.75) is 25.2 Å². The van der Waals surface area contributed by atoms with Crippen LogP contribution < -0.4 is 13.9 Å². The first-order valence-electron chi connectivity index (χ1n) is 9.21. The Morgan fingerprint density at radius 3 is 2.07 bits per heavy atom. The van der Waals surface area contributed by atoms with Gasteiger partial charge in [0.15, 0.2) is 0 Å². The van der Waals surface area contributed by atoms with Crippen LogP contribution in [-0.2, 0) is 24.8 Å². The number of hydrogen-bond acceptors (Lipinski definition) is 6. The van der Waals surface area contributed by atoms with Crippen molar-refractivity contribution in [2.24, 2.45) is 0 Å². The molecule has 1 aliphatic rings. The highest BCUT2D eigenvalue weighted by Crippen LogP contribution is 2.27. The fourth-order valence-corrected chi connectivity index (χ4v) is 5.69. The standard InChI is InChI=1S/C19H23N3O5S2/c1-3-21(4-2)16-7-5-15(6-8-16)20-29(26,27)18-11-9-17(10-12-18)22-19(23)13-14-28(22,24)25/h5-12,20H,3-4,13-14H2,1-2H3. The largest absolute Gasteiger partial charge is 0.372 e. The summed E-state index contributed by atoms with van der Waals surface area (Å²) in [6.45, 7) is 5.79. The van der Waals surface area contributed by atoms with Crippen molar-refractivity contribution in [1.82, 2.24) is 0 Å². The topological polar surface area (TPSA) is 104 Å². The predicted octanol–water partition coefficient (Wildman–Crippen LogP) is 2.40. The zero-order valence-electron chi connectivity index (χ0n) is 16.2. The lowest BCUT2D eigenvalue weighted by Gasteiger charge is -2.21. The van der Waals surface area contributed by atoms with Gasteiger partial charge in [-0.2, -0.15) is 0 Å². The molecule has 1 N–H and O–H groups in total. The maximum absolute atomic E-state index is 12.6. The van der Waals surface area contributed by atoms with Gasteiger partial charge >= 0.3 is 0 Å². The molecule has 0 aromatic heterocycles. The fourth-order valence-electron chi connectivity index (χ4n) is 3.17. The molecule has 8 nitrogen and oxygen atoms in total. The molecule has 1 aliphatic heterocycles. The van der Waals surface area contributed by atoms with Gasteiger partial charge in [-0.3, -0.25) is 9.52 Å². The second kappa shape index (κ2) is 8.03. The summed E-state index contributed by atoms with van der Waals surface area (Å²) in [6.07, 6.45) is -0.0760. The van der Waals surface area contributed by atoms with E-state index in [9.17, 15) is 21.6 Å². The van der Waals surface area contributed by atoms with Crippen LogP contribution in [0, 0.1) is 0 Å². The van der Waals surface area contributed by atoms with Crippen molar-refractivity contribution < 1.29 is 21.6 Å². The molecule has 1 heterocycles. The van der Waals surface area contributed by atoms with Crippen molar-refractivity contribution in [3.05, 3.63) is 48.5 Å². The molecule has 0 atom stereocenters. The van der Waals surface area contributed by atoms with Crippen molar-refractivity contribution in [3.63, 3.8) is 0 Å². The molecule has 2 aromatic carbocycles. The van der Waals surface area contributed by atoms with Crippen molar-refractivity contribution in [1.29, 1.82) is 0 Å². The van der Waals surface area contributed by atoms with E-state index in [1.165, 1.54) is 24.3 Å². The van der Waals surface area contributed by atoms with Crippen molar-refractivity contribution in [3.8, 4) is 0 Å². The number of benzene rings is 2. The van der Waals surface area contributed by atoms with Gasteiger partial charge < -0.3 is 4.90 Å². The SMILES string of the molecule is CCN(CC)c1ccc(NS(=O)(=O)c2ccc(N3C(=O)CCS3(=O)=O)cc2)cc1. The van der Waals surface area contributed by atoms with E-state index in [4.69, 9.17) is 0 Å². The predicted molar refractivity (Wildman–Crippen MR) is 113 cm³/mol.